The van der Waals surface area contributed by atoms with E-state index in [-0.39, 0.29) is 5.91 Å². The van der Waals surface area contributed by atoms with Crippen LogP contribution < -0.4 is 0 Å². The number of nitriles is 1. The van der Waals surface area contributed by atoms with Gasteiger partial charge in [0.05, 0.1) is 6.07 Å². The summed E-state index contributed by atoms with van der Waals surface area (Å²) < 4.78 is 0. The molecule has 0 spiro atoms. The average molecular weight is 208 g/mol. The van der Waals surface area contributed by atoms with Gasteiger partial charge in [-0.15, -0.1) is 0 Å². The number of nitrogens with zero attached hydrogens (tertiary/aromatic N) is 2. The number of hydrogen-bond donors (Lipinski definition) is 0. The zero-order valence-electron chi connectivity index (χ0n) is 9.92. The van der Waals surface area contributed by atoms with Crippen LogP contribution in [-0.4, -0.2) is 24.4 Å². The molecule has 0 N–H and O–H groups in total. The van der Waals surface area contributed by atoms with Crippen molar-refractivity contribution in [1.29, 1.82) is 5.26 Å². The summed E-state index contributed by atoms with van der Waals surface area (Å²) in [5.41, 5.74) is -0.835. The molecule has 3 nitrogen and oxygen atoms in total. The predicted molar refractivity (Wildman–Crippen MR) is 59.0 cm³/mol. The van der Waals surface area contributed by atoms with Crippen molar-refractivity contribution in [1.82, 2.24) is 4.90 Å². The summed E-state index contributed by atoms with van der Waals surface area (Å²) in [5.74, 6) is 0.637. The van der Waals surface area contributed by atoms with E-state index in [1.807, 2.05) is 14.0 Å². The highest BCUT2D eigenvalue weighted by Gasteiger charge is 2.35. The van der Waals surface area contributed by atoms with Crippen LogP contribution in [0.2, 0.25) is 0 Å². The topological polar surface area (TPSA) is 44.1 Å². The Morgan fingerprint density at radius 1 is 1.60 bits per heavy atom. The Bertz CT molecular complexity index is 278. The third-order valence-electron chi connectivity index (χ3n) is 3.53. The highest BCUT2D eigenvalue weighted by atomic mass is 16.2. The number of amides is 1. The molecule has 1 rings (SSSR count). The molecule has 1 saturated carbocycles. The molecule has 1 aliphatic carbocycles. The highest BCUT2D eigenvalue weighted by Crippen LogP contribution is 2.29. The molecule has 1 fully saturated rings. The minimum Gasteiger partial charge on any atom is -0.344 e. The summed E-state index contributed by atoms with van der Waals surface area (Å²) in [6.45, 7) is 4.43. The van der Waals surface area contributed by atoms with Crippen LogP contribution in [-0.2, 0) is 4.79 Å². The van der Waals surface area contributed by atoms with Crippen molar-refractivity contribution in [3.8, 4) is 6.07 Å². The van der Waals surface area contributed by atoms with Crippen molar-refractivity contribution >= 4 is 5.91 Å². The van der Waals surface area contributed by atoms with E-state index >= 15 is 0 Å². The van der Waals surface area contributed by atoms with E-state index in [0.717, 1.165) is 6.54 Å². The second-order valence-corrected chi connectivity index (χ2v) is 4.78. The standard InChI is InChI=1S/C12H20N2O/c1-4-12(2,9-13)11(15)14(3)8-10-6-5-7-10/h10H,4-8H2,1-3H3. The lowest BCUT2D eigenvalue weighted by Crippen LogP contribution is -2.42. The van der Waals surface area contributed by atoms with Crippen LogP contribution in [0.4, 0.5) is 0 Å². The molecule has 0 aliphatic heterocycles. The van der Waals surface area contributed by atoms with Crippen molar-refractivity contribution in [2.24, 2.45) is 11.3 Å². The molecule has 0 radical (unpaired) electrons. The van der Waals surface area contributed by atoms with E-state index in [2.05, 4.69) is 6.07 Å². The van der Waals surface area contributed by atoms with Gasteiger partial charge in [0, 0.05) is 13.6 Å². The van der Waals surface area contributed by atoms with Crippen molar-refractivity contribution < 1.29 is 4.79 Å². The van der Waals surface area contributed by atoms with Gasteiger partial charge in [-0.05, 0) is 32.1 Å². The van der Waals surface area contributed by atoms with Gasteiger partial charge in [-0.2, -0.15) is 5.26 Å². The Labute approximate surface area is 92.1 Å². The van der Waals surface area contributed by atoms with Crippen molar-refractivity contribution in [3.63, 3.8) is 0 Å². The van der Waals surface area contributed by atoms with E-state index in [4.69, 9.17) is 5.26 Å². The summed E-state index contributed by atoms with van der Waals surface area (Å²) >= 11 is 0. The highest BCUT2D eigenvalue weighted by molar-refractivity contribution is 5.84. The normalized spacial score (nSPS) is 19.9. The number of carbonyl (C=O) groups excluding carboxylic acids is 1. The fourth-order valence-electron chi connectivity index (χ4n) is 1.84. The first-order chi connectivity index (χ1) is 7.03. The second-order valence-electron chi connectivity index (χ2n) is 4.78. The molecule has 0 heterocycles. The number of rotatable bonds is 4. The first-order valence-corrected chi connectivity index (χ1v) is 5.70. The minimum absolute atomic E-state index is 0.0283. The van der Waals surface area contributed by atoms with E-state index in [9.17, 15) is 4.79 Å². The smallest absolute Gasteiger partial charge is 0.242 e. The van der Waals surface area contributed by atoms with Gasteiger partial charge in [-0.1, -0.05) is 13.3 Å². The first-order valence-electron chi connectivity index (χ1n) is 5.70. The Morgan fingerprint density at radius 3 is 2.53 bits per heavy atom. The maximum Gasteiger partial charge on any atom is 0.242 e. The van der Waals surface area contributed by atoms with Crippen LogP contribution in [0.5, 0.6) is 0 Å². The van der Waals surface area contributed by atoms with Gasteiger partial charge in [-0.3, -0.25) is 4.79 Å². The molecule has 84 valence electrons. The summed E-state index contributed by atoms with van der Waals surface area (Å²) in [6.07, 6.45) is 4.33. The van der Waals surface area contributed by atoms with Crippen molar-refractivity contribution in [2.45, 2.75) is 39.5 Å². The van der Waals surface area contributed by atoms with Gasteiger partial charge in [0.2, 0.25) is 5.91 Å². The zero-order valence-corrected chi connectivity index (χ0v) is 9.92. The van der Waals surface area contributed by atoms with Crippen molar-refractivity contribution in [3.05, 3.63) is 0 Å². The Balaban J connectivity index is 2.54. The SMILES string of the molecule is CCC(C)(C#N)C(=O)N(C)CC1CCC1. The second kappa shape index (κ2) is 4.65. The van der Waals surface area contributed by atoms with Gasteiger partial charge in [0.25, 0.3) is 0 Å². The lowest BCUT2D eigenvalue weighted by atomic mass is 9.83. The number of carbonyl (C=O) groups is 1. The van der Waals surface area contributed by atoms with Gasteiger partial charge < -0.3 is 4.90 Å². The molecule has 1 amide bonds. The molecule has 0 aromatic carbocycles. The molecule has 15 heavy (non-hydrogen) atoms. The molecule has 1 atom stereocenters. The summed E-state index contributed by atoms with van der Waals surface area (Å²) in [6, 6.07) is 2.13. The molecule has 0 aromatic heterocycles. The molecule has 1 aliphatic rings. The van der Waals surface area contributed by atoms with Crippen molar-refractivity contribution in [2.75, 3.05) is 13.6 Å². The molecule has 0 bridgehead atoms. The summed E-state index contributed by atoms with van der Waals surface area (Å²) in [5, 5.41) is 9.01. The third kappa shape index (κ3) is 2.50. The van der Waals surface area contributed by atoms with Crippen LogP contribution in [0, 0.1) is 22.7 Å². The largest absolute Gasteiger partial charge is 0.344 e. The van der Waals surface area contributed by atoms with Crippen LogP contribution >= 0.6 is 0 Å². The fourth-order valence-corrected chi connectivity index (χ4v) is 1.84. The lowest BCUT2D eigenvalue weighted by Gasteiger charge is -2.33. The fraction of sp³-hybridized carbons (Fsp3) is 0.833. The molecule has 1 unspecified atom stereocenters. The zero-order chi connectivity index (χ0) is 11.5. The molecular weight excluding hydrogens is 188 g/mol. The Kier molecular flexibility index (Phi) is 3.73. The maximum atomic E-state index is 12.0. The first kappa shape index (κ1) is 12.0. The maximum absolute atomic E-state index is 12.0. The molecular formula is C12H20N2O. The monoisotopic (exact) mass is 208 g/mol. The van der Waals surface area contributed by atoms with Gasteiger partial charge in [0.15, 0.2) is 0 Å². The van der Waals surface area contributed by atoms with E-state index in [1.54, 1.807) is 11.8 Å². The van der Waals surface area contributed by atoms with Gasteiger partial charge >= 0.3 is 0 Å². The van der Waals surface area contributed by atoms with E-state index in [0.29, 0.717) is 12.3 Å². The number of hydrogen-bond acceptors (Lipinski definition) is 2. The van der Waals surface area contributed by atoms with Crippen LogP contribution in [0.3, 0.4) is 0 Å². The summed E-state index contributed by atoms with van der Waals surface area (Å²) in [7, 11) is 1.81. The van der Waals surface area contributed by atoms with Gasteiger partial charge in [-0.25, -0.2) is 0 Å². The summed E-state index contributed by atoms with van der Waals surface area (Å²) in [4.78, 5) is 13.7. The molecule has 3 heteroatoms. The lowest BCUT2D eigenvalue weighted by molar-refractivity contribution is -0.138. The van der Waals surface area contributed by atoms with Crippen LogP contribution in [0.25, 0.3) is 0 Å². The molecule has 0 saturated heterocycles. The van der Waals surface area contributed by atoms with Crippen LogP contribution in [0.1, 0.15) is 39.5 Å². The van der Waals surface area contributed by atoms with E-state index < -0.39 is 5.41 Å². The minimum atomic E-state index is -0.835. The van der Waals surface area contributed by atoms with Gasteiger partial charge in [0.1, 0.15) is 5.41 Å². The average Bonchev–Trinajstić information content (AvgIpc) is 2.20. The Hall–Kier alpha value is -1.04. The quantitative estimate of drug-likeness (QED) is 0.710. The predicted octanol–water partition coefficient (Wildman–Crippen LogP) is 2.18. The Morgan fingerprint density at radius 2 is 2.20 bits per heavy atom. The third-order valence-corrected chi connectivity index (χ3v) is 3.53. The molecule has 0 aromatic rings. The van der Waals surface area contributed by atoms with Crippen LogP contribution in [0.15, 0.2) is 0 Å². The van der Waals surface area contributed by atoms with E-state index in [1.165, 1.54) is 19.3 Å².